The summed E-state index contributed by atoms with van der Waals surface area (Å²) in [5.41, 5.74) is -0.400. The summed E-state index contributed by atoms with van der Waals surface area (Å²) in [6, 6.07) is 7.12. The van der Waals surface area contributed by atoms with Crippen LogP contribution in [0.3, 0.4) is 0 Å². The van der Waals surface area contributed by atoms with Gasteiger partial charge in [0.1, 0.15) is 11.3 Å². The molecule has 104 valence electrons. The minimum atomic E-state index is -1.22. The molecular formula is C14H19NO4. The van der Waals surface area contributed by atoms with Gasteiger partial charge in [-0.2, -0.15) is 0 Å². The van der Waals surface area contributed by atoms with Crippen molar-refractivity contribution in [3.63, 3.8) is 0 Å². The number of benzene rings is 1. The molecule has 1 rings (SSSR count). The molecule has 0 unspecified atom stereocenters. The van der Waals surface area contributed by atoms with Crippen LogP contribution < -0.4 is 4.74 Å². The van der Waals surface area contributed by atoms with E-state index in [1.807, 2.05) is 0 Å². The zero-order chi connectivity index (χ0) is 14.6. The van der Waals surface area contributed by atoms with Crippen molar-refractivity contribution >= 4 is 11.9 Å². The van der Waals surface area contributed by atoms with Gasteiger partial charge in [-0.1, -0.05) is 12.1 Å². The van der Waals surface area contributed by atoms with Gasteiger partial charge in [-0.3, -0.25) is 4.79 Å². The molecule has 19 heavy (non-hydrogen) atoms. The lowest BCUT2D eigenvalue weighted by atomic mass is 10.0. The van der Waals surface area contributed by atoms with E-state index in [0.29, 0.717) is 0 Å². The van der Waals surface area contributed by atoms with Crippen LogP contribution in [0.25, 0.3) is 0 Å². The number of aliphatic carboxylic acids is 1. The molecule has 0 aliphatic rings. The zero-order valence-corrected chi connectivity index (χ0v) is 11.6. The third-order valence-corrected chi connectivity index (χ3v) is 3.25. The van der Waals surface area contributed by atoms with E-state index < -0.39 is 11.5 Å². The Morgan fingerprint density at radius 2 is 1.79 bits per heavy atom. The maximum atomic E-state index is 12.0. The second-order valence-electron chi connectivity index (χ2n) is 4.84. The van der Waals surface area contributed by atoms with Crippen molar-refractivity contribution in [3.8, 4) is 5.75 Å². The largest absolute Gasteiger partial charge is 0.497 e. The fourth-order valence-corrected chi connectivity index (χ4v) is 1.49. The first-order valence-corrected chi connectivity index (χ1v) is 5.92. The van der Waals surface area contributed by atoms with Gasteiger partial charge in [0.25, 0.3) is 0 Å². The lowest BCUT2D eigenvalue weighted by Gasteiger charge is -2.31. The maximum absolute atomic E-state index is 12.0. The highest BCUT2D eigenvalue weighted by Crippen LogP contribution is 2.16. The Bertz CT molecular complexity index is 465. The summed E-state index contributed by atoms with van der Waals surface area (Å²) in [6.45, 7) is 3.00. The van der Waals surface area contributed by atoms with Crippen molar-refractivity contribution in [1.29, 1.82) is 0 Å². The predicted molar refractivity (Wildman–Crippen MR) is 71.2 cm³/mol. The van der Waals surface area contributed by atoms with Gasteiger partial charge in [0, 0.05) is 7.05 Å². The van der Waals surface area contributed by atoms with Crippen LogP contribution >= 0.6 is 0 Å². The number of amides is 1. The number of nitrogens with zero attached hydrogens (tertiary/aromatic N) is 1. The summed E-state index contributed by atoms with van der Waals surface area (Å²) >= 11 is 0. The van der Waals surface area contributed by atoms with Crippen molar-refractivity contribution in [2.75, 3.05) is 14.2 Å². The van der Waals surface area contributed by atoms with Crippen LogP contribution in [-0.2, 0) is 16.0 Å². The third-order valence-electron chi connectivity index (χ3n) is 3.25. The van der Waals surface area contributed by atoms with Gasteiger partial charge in [0.05, 0.1) is 13.5 Å². The van der Waals surface area contributed by atoms with E-state index in [2.05, 4.69) is 0 Å². The van der Waals surface area contributed by atoms with Gasteiger partial charge in [0.2, 0.25) is 5.91 Å². The van der Waals surface area contributed by atoms with Gasteiger partial charge >= 0.3 is 5.97 Å². The van der Waals surface area contributed by atoms with E-state index in [4.69, 9.17) is 9.84 Å². The summed E-state index contributed by atoms with van der Waals surface area (Å²) in [6.07, 6.45) is 0.164. The topological polar surface area (TPSA) is 66.8 Å². The average molecular weight is 265 g/mol. The third kappa shape index (κ3) is 3.47. The van der Waals surface area contributed by atoms with Crippen molar-refractivity contribution in [2.45, 2.75) is 25.8 Å². The number of carboxylic acids is 1. The second-order valence-corrected chi connectivity index (χ2v) is 4.84. The number of hydrogen-bond acceptors (Lipinski definition) is 3. The lowest BCUT2D eigenvalue weighted by Crippen LogP contribution is -2.51. The first-order valence-electron chi connectivity index (χ1n) is 5.92. The highest BCUT2D eigenvalue weighted by molar-refractivity contribution is 5.87. The smallest absolute Gasteiger partial charge is 0.329 e. The first kappa shape index (κ1) is 15.0. The highest BCUT2D eigenvalue weighted by atomic mass is 16.5. The molecule has 5 heteroatoms. The van der Waals surface area contributed by atoms with Gasteiger partial charge in [-0.25, -0.2) is 4.79 Å². The second kappa shape index (κ2) is 5.73. The van der Waals surface area contributed by atoms with Crippen molar-refractivity contribution in [1.82, 2.24) is 4.90 Å². The molecule has 0 saturated carbocycles. The Morgan fingerprint density at radius 3 is 2.21 bits per heavy atom. The molecule has 0 aliphatic carbocycles. The van der Waals surface area contributed by atoms with E-state index >= 15 is 0 Å². The number of ether oxygens (including phenoxy) is 1. The molecule has 0 bridgehead atoms. The fourth-order valence-electron chi connectivity index (χ4n) is 1.49. The van der Waals surface area contributed by atoms with Crippen LogP contribution in [0.5, 0.6) is 5.75 Å². The number of hydrogen-bond donors (Lipinski definition) is 1. The summed E-state index contributed by atoms with van der Waals surface area (Å²) < 4.78 is 5.03. The van der Waals surface area contributed by atoms with E-state index in [1.54, 1.807) is 31.4 Å². The fraction of sp³-hybridized carbons (Fsp3) is 0.429. The normalized spacial score (nSPS) is 10.9. The quantitative estimate of drug-likeness (QED) is 0.877. The monoisotopic (exact) mass is 265 g/mol. The Hall–Kier alpha value is -2.04. The van der Waals surface area contributed by atoms with Crippen LogP contribution in [0.2, 0.25) is 0 Å². The molecule has 1 amide bonds. The molecule has 0 fully saturated rings. The van der Waals surface area contributed by atoms with Gasteiger partial charge in [-0.05, 0) is 31.5 Å². The molecule has 0 radical (unpaired) electrons. The summed E-state index contributed by atoms with van der Waals surface area (Å²) in [4.78, 5) is 24.4. The Kier molecular flexibility index (Phi) is 4.53. The summed E-state index contributed by atoms with van der Waals surface area (Å²) in [5, 5.41) is 9.08. The molecule has 0 saturated heterocycles. The van der Waals surface area contributed by atoms with Crippen LogP contribution in [-0.4, -0.2) is 41.6 Å². The zero-order valence-electron chi connectivity index (χ0n) is 11.6. The van der Waals surface area contributed by atoms with Gasteiger partial charge in [0.15, 0.2) is 0 Å². The minimum absolute atomic E-state index is 0.164. The summed E-state index contributed by atoms with van der Waals surface area (Å²) in [7, 11) is 3.07. The predicted octanol–water partition coefficient (Wildman–Crippen LogP) is 1.56. The Morgan fingerprint density at radius 1 is 1.26 bits per heavy atom. The molecule has 0 aliphatic heterocycles. The van der Waals surface area contributed by atoms with E-state index in [1.165, 1.54) is 25.8 Å². The molecule has 5 nitrogen and oxygen atoms in total. The van der Waals surface area contributed by atoms with Crippen molar-refractivity contribution in [2.24, 2.45) is 0 Å². The Balaban J connectivity index is 2.76. The molecule has 0 heterocycles. The van der Waals surface area contributed by atoms with Crippen LogP contribution in [0.1, 0.15) is 19.4 Å². The molecule has 0 atom stereocenters. The Labute approximate surface area is 112 Å². The van der Waals surface area contributed by atoms with Gasteiger partial charge < -0.3 is 14.7 Å². The minimum Gasteiger partial charge on any atom is -0.497 e. The molecular weight excluding hydrogens is 246 g/mol. The SMILES string of the molecule is COc1ccc(CC(=O)N(C)C(C)(C)C(=O)O)cc1. The van der Waals surface area contributed by atoms with Crippen LogP contribution in [0, 0.1) is 0 Å². The molecule has 1 aromatic carbocycles. The van der Waals surface area contributed by atoms with Crippen LogP contribution in [0.15, 0.2) is 24.3 Å². The van der Waals surface area contributed by atoms with E-state index in [9.17, 15) is 9.59 Å². The van der Waals surface area contributed by atoms with E-state index in [-0.39, 0.29) is 12.3 Å². The van der Waals surface area contributed by atoms with Crippen molar-refractivity contribution < 1.29 is 19.4 Å². The number of likely N-dealkylation sites (N-methyl/N-ethyl adjacent to an activating group) is 1. The summed E-state index contributed by atoms with van der Waals surface area (Å²) in [5.74, 6) is -0.550. The number of carboxylic acid groups (broad SMARTS) is 1. The first-order chi connectivity index (χ1) is 8.78. The van der Waals surface area contributed by atoms with Gasteiger partial charge in [-0.15, -0.1) is 0 Å². The van der Waals surface area contributed by atoms with Crippen molar-refractivity contribution in [3.05, 3.63) is 29.8 Å². The molecule has 1 N–H and O–H groups in total. The molecule has 0 spiro atoms. The van der Waals surface area contributed by atoms with Crippen LogP contribution in [0.4, 0.5) is 0 Å². The number of methoxy groups -OCH3 is 1. The molecule has 0 aromatic heterocycles. The maximum Gasteiger partial charge on any atom is 0.329 e. The number of rotatable bonds is 5. The number of carbonyl (C=O) groups excluding carboxylic acids is 1. The highest BCUT2D eigenvalue weighted by Gasteiger charge is 2.34. The number of carbonyl (C=O) groups is 2. The molecule has 1 aromatic rings. The lowest BCUT2D eigenvalue weighted by molar-refractivity contribution is -0.155. The average Bonchev–Trinajstić information content (AvgIpc) is 2.38. The van der Waals surface area contributed by atoms with E-state index in [0.717, 1.165) is 11.3 Å². The standard InChI is InChI=1S/C14H19NO4/c1-14(2,13(17)18)15(3)12(16)9-10-5-7-11(19-4)8-6-10/h5-8H,9H2,1-4H3,(H,17,18).